The smallest absolute Gasteiger partial charge is 0.269 e. The van der Waals surface area contributed by atoms with E-state index in [2.05, 4.69) is 39.0 Å². The van der Waals surface area contributed by atoms with E-state index in [4.69, 9.17) is 16.3 Å². The van der Waals surface area contributed by atoms with E-state index < -0.39 is 10.4 Å². The van der Waals surface area contributed by atoms with Gasteiger partial charge in [0.15, 0.2) is 0 Å². The van der Waals surface area contributed by atoms with Gasteiger partial charge < -0.3 is 9.64 Å². The topological polar surface area (TPSA) is 49.9 Å². The summed E-state index contributed by atoms with van der Waals surface area (Å²) >= 11 is 7.66. The maximum absolute atomic E-state index is 14.7. The summed E-state index contributed by atoms with van der Waals surface area (Å²) in [4.78, 5) is 30.8. The zero-order valence-corrected chi connectivity index (χ0v) is 24.6. The molecule has 0 bridgehead atoms. The maximum atomic E-state index is 14.7. The van der Waals surface area contributed by atoms with Crippen LogP contribution in [0.4, 0.5) is 11.4 Å². The molecule has 0 unspecified atom stereocenters. The van der Waals surface area contributed by atoms with Crippen molar-refractivity contribution in [3.63, 3.8) is 0 Å². The van der Waals surface area contributed by atoms with Gasteiger partial charge in [-0.05, 0) is 79.9 Å². The standard InChI is InChI=1S/C34H29ClN2O3S/c1-32(2)21-33(3,22-12-14-23(35)15-13-22)27-10-7-11-28-30(27)37(32)31(39)34(28)36(29(38)20-41-34)24-16-18-26(19-17-24)40-25-8-5-4-6-9-25/h4-19H,20-21H2,1-3H3/t33-,34-/m1/s1. The zero-order chi connectivity index (χ0) is 28.6. The Morgan fingerprint density at radius 3 is 2.12 bits per heavy atom. The molecule has 0 radical (unpaired) electrons. The largest absolute Gasteiger partial charge is 0.457 e. The van der Waals surface area contributed by atoms with E-state index in [9.17, 15) is 9.59 Å². The molecule has 3 heterocycles. The zero-order valence-electron chi connectivity index (χ0n) is 23.1. The summed E-state index contributed by atoms with van der Waals surface area (Å²) < 4.78 is 5.98. The lowest BCUT2D eigenvalue weighted by atomic mass is 9.65. The molecule has 1 fully saturated rings. The fourth-order valence-corrected chi connectivity index (χ4v) is 8.46. The van der Waals surface area contributed by atoms with Crippen LogP contribution >= 0.6 is 23.4 Å². The fraction of sp³-hybridized carbons (Fsp3) is 0.235. The van der Waals surface area contributed by atoms with Crippen molar-refractivity contribution in [2.75, 3.05) is 15.6 Å². The summed E-state index contributed by atoms with van der Waals surface area (Å²) in [5.74, 6) is 1.46. The van der Waals surface area contributed by atoms with Crippen LogP contribution in [0.15, 0.2) is 97.1 Å². The third kappa shape index (κ3) is 3.77. The van der Waals surface area contributed by atoms with Crippen molar-refractivity contribution in [2.45, 2.75) is 43.0 Å². The van der Waals surface area contributed by atoms with Gasteiger partial charge in [0.1, 0.15) is 11.5 Å². The highest BCUT2D eigenvalue weighted by Crippen LogP contribution is 2.63. The second kappa shape index (κ2) is 9.13. The number of hydrogen-bond acceptors (Lipinski definition) is 4. The maximum Gasteiger partial charge on any atom is 0.269 e. The van der Waals surface area contributed by atoms with Crippen LogP contribution < -0.4 is 14.5 Å². The van der Waals surface area contributed by atoms with Crippen molar-refractivity contribution in [2.24, 2.45) is 0 Å². The quantitative estimate of drug-likeness (QED) is 0.246. The molecule has 4 aromatic carbocycles. The van der Waals surface area contributed by atoms with Gasteiger partial charge in [-0.2, -0.15) is 0 Å². The van der Waals surface area contributed by atoms with E-state index in [1.807, 2.05) is 83.8 Å². The number of nitrogens with zero attached hydrogens (tertiary/aromatic N) is 2. The summed E-state index contributed by atoms with van der Waals surface area (Å²) in [7, 11) is 0. The minimum Gasteiger partial charge on any atom is -0.457 e. The first-order valence-electron chi connectivity index (χ1n) is 13.7. The molecule has 5 nitrogen and oxygen atoms in total. The number of carbonyl (C=O) groups is 2. The Hall–Kier alpha value is -3.74. The Kier molecular flexibility index (Phi) is 5.83. The molecular formula is C34H29ClN2O3S. The van der Waals surface area contributed by atoms with Gasteiger partial charge in [-0.25, -0.2) is 0 Å². The SMILES string of the molecule is CC1(C)C[C@](C)(c2ccc(Cl)cc2)c2cccc3c2N1C(=O)[C@]31SCC(=O)N1c1ccc(Oc2ccccc2)cc1. The highest BCUT2D eigenvalue weighted by Gasteiger charge is 2.65. The Labute approximate surface area is 249 Å². The molecule has 41 heavy (non-hydrogen) atoms. The van der Waals surface area contributed by atoms with Crippen molar-refractivity contribution < 1.29 is 14.3 Å². The molecule has 3 aliphatic heterocycles. The number of ether oxygens (including phenoxy) is 1. The minimum atomic E-state index is -1.17. The van der Waals surface area contributed by atoms with Crippen LogP contribution in [-0.4, -0.2) is 23.1 Å². The minimum absolute atomic E-state index is 0.0661. The Morgan fingerprint density at radius 2 is 1.41 bits per heavy atom. The molecule has 7 rings (SSSR count). The van der Waals surface area contributed by atoms with Crippen molar-refractivity contribution in [1.82, 2.24) is 0 Å². The predicted molar refractivity (Wildman–Crippen MR) is 165 cm³/mol. The van der Waals surface area contributed by atoms with Crippen molar-refractivity contribution in [1.29, 1.82) is 0 Å². The lowest BCUT2D eigenvalue weighted by Gasteiger charge is -2.50. The molecule has 206 valence electrons. The van der Waals surface area contributed by atoms with Gasteiger partial charge in [0, 0.05) is 27.2 Å². The van der Waals surface area contributed by atoms with Gasteiger partial charge in [0.25, 0.3) is 5.91 Å². The third-order valence-electron chi connectivity index (χ3n) is 8.63. The molecule has 0 N–H and O–H groups in total. The number of hydrogen-bond donors (Lipinski definition) is 0. The number of halogens is 1. The molecule has 2 amide bonds. The molecular weight excluding hydrogens is 552 g/mol. The molecule has 0 aliphatic carbocycles. The van der Waals surface area contributed by atoms with Crippen molar-refractivity contribution in [3.8, 4) is 11.5 Å². The van der Waals surface area contributed by atoms with Crippen LogP contribution in [0.5, 0.6) is 11.5 Å². The Morgan fingerprint density at radius 1 is 0.756 bits per heavy atom. The number of benzene rings is 4. The van der Waals surface area contributed by atoms with Crippen molar-refractivity contribution in [3.05, 3.63) is 119 Å². The summed E-state index contributed by atoms with van der Waals surface area (Å²) in [5.41, 5.74) is 3.85. The predicted octanol–water partition coefficient (Wildman–Crippen LogP) is 7.90. The number of rotatable bonds is 4. The van der Waals surface area contributed by atoms with Gasteiger partial charge in [0.05, 0.1) is 11.4 Å². The fourth-order valence-electron chi connectivity index (χ4n) is 7.00. The van der Waals surface area contributed by atoms with Crippen LogP contribution in [0, 0.1) is 0 Å². The van der Waals surface area contributed by atoms with Gasteiger partial charge in [0.2, 0.25) is 10.8 Å². The van der Waals surface area contributed by atoms with Gasteiger partial charge in [-0.15, -0.1) is 11.8 Å². The second-order valence-electron chi connectivity index (χ2n) is 11.7. The number of carbonyl (C=O) groups excluding carboxylic acids is 2. The van der Waals surface area contributed by atoms with Gasteiger partial charge in [-0.3, -0.25) is 14.5 Å². The first-order valence-corrected chi connectivity index (χ1v) is 15.1. The van der Waals surface area contributed by atoms with E-state index >= 15 is 0 Å². The van der Waals surface area contributed by atoms with Crippen LogP contribution in [0.2, 0.25) is 5.02 Å². The van der Waals surface area contributed by atoms with Crippen LogP contribution in [0.3, 0.4) is 0 Å². The summed E-state index contributed by atoms with van der Waals surface area (Å²) in [6, 6.07) is 31.2. The van der Waals surface area contributed by atoms with E-state index in [1.165, 1.54) is 11.8 Å². The highest BCUT2D eigenvalue weighted by atomic mass is 35.5. The van der Waals surface area contributed by atoms with E-state index in [1.54, 1.807) is 4.90 Å². The lowest BCUT2D eigenvalue weighted by Crippen LogP contribution is -2.58. The molecule has 7 heteroatoms. The first kappa shape index (κ1) is 26.2. The lowest BCUT2D eigenvalue weighted by molar-refractivity contribution is -0.124. The molecule has 3 aliphatic rings. The Bertz CT molecular complexity index is 1690. The summed E-state index contributed by atoms with van der Waals surface area (Å²) in [6.07, 6.45) is 0.726. The van der Waals surface area contributed by atoms with Crippen molar-refractivity contribution >= 4 is 46.6 Å². The van der Waals surface area contributed by atoms with Crippen LogP contribution in [0.25, 0.3) is 0 Å². The van der Waals surface area contributed by atoms with Gasteiger partial charge >= 0.3 is 0 Å². The highest BCUT2D eigenvalue weighted by molar-refractivity contribution is 8.02. The molecule has 0 saturated carbocycles. The van der Waals surface area contributed by atoms with E-state index in [-0.39, 0.29) is 23.0 Å². The monoisotopic (exact) mass is 580 g/mol. The number of para-hydroxylation sites is 2. The number of anilines is 2. The second-order valence-corrected chi connectivity index (χ2v) is 13.3. The van der Waals surface area contributed by atoms with E-state index in [0.717, 1.165) is 34.5 Å². The number of amides is 2. The molecule has 1 saturated heterocycles. The van der Waals surface area contributed by atoms with Crippen LogP contribution in [0.1, 0.15) is 43.9 Å². The van der Waals surface area contributed by atoms with Crippen LogP contribution in [-0.2, 0) is 19.9 Å². The average Bonchev–Trinajstić information content (AvgIpc) is 3.44. The van der Waals surface area contributed by atoms with Gasteiger partial charge in [-0.1, -0.05) is 67.1 Å². The Balaban J connectivity index is 1.36. The average molecular weight is 581 g/mol. The number of fused-ring (bicyclic) bond motifs is 1. The molecule has 0 aromatic heterocycles. The normalized spacial score (nSPS) is 24.2. The molecule has 2 atom stereocenters. The summed E-state index contributed by atoms with van der Waals surface area (Å²) in [6.45, 7) is 6.50. The summed E-state index contributed by atoms with van der Waals surface area (Å²) in [5, 5.41) is 0.693. The molecule has 4 aromatic rings. The number of thioether (sulfide) groups is 1. The molecule has 1 spiro atoms. The third-order valence-corrected chi connectivity index (χ3v) is 10.3. The van der Waals surface area contributed by atoms with E-state index in [0.29, 0.717) is 16.5 Å². The first-order chi connectivity index (χ1) is 19.6.